The van der Waals surface area contributed by atoms with E-state index in [1.807, 2.05) is 19.1 Å². The number of halogens is 3. The van der Waals surface area contributed by atoms with Crippen molar-refractivity contribution in [3.05, 3.63) is 62.9 Å². The van der Waals surface area contributed by atoms with Crippen LogP contribution in [-0.2, 0) is 17.5 Å². The second kappa shape index (κ2) is 9.45. The lowest BCUT2D eigenvalue weighted by atomic mass is 10.1. The predicted octanol–water partition coefficient (Wildman–Crippen LogP) is 4.32. The fourth-order valence-electron chi connectivity index (χ4n) is 3.63. The molecule has 1 saturated carbocycles. The molecule has 1 heterocycles. The molecule has 31 heavy (non-hydrogen) atoms. The summed E-state index contributed by atoms with van der Waals surface area (Å²) in [6, 6.07) is 8.67. The molecule has 9 heteroatoms. The Balaban J connectivity index is 1.37. The molecule has 1 saturated heterocycles. The van der Waals surface area contributed by atoms with Crippen LogP contribution >= 0.6 is 23.2 Å². The zero-order valence-electron chi connectivity index (χ0n) is 17.2. The molecular formula is C22H24Cl2FN3O2S. The Morgan fingerprint density at radius 3 is 2.48 bits per heavy atom. The van der Waals surface area contributed by atoms with Gasteiger partial charge in [0.25, 0.3) is 5.91 Å². The molecule has 2 aromatic rings. The third kappa shape index (κ3) is 5.40. The Hall–Kier alpha value is -1.67. The number of benzene rings is 2. The maximum absolute atomic E-state index is 14.6. The van der Waals surface area contributed by atoms with Gasteiger partial charge in [-0.25, -0.2) is 8.60 Å². The summed E-state index contributed by atoms with van der Waals surface area (Å²) in [6.45, 7) is 5.79. The van der Waals surface area contributed by atoms with Crippen LogP contribution in [0.25, 0.3) is 0 Å². The monoisotopic (exact) mass is 483 g/mol. The van der Waals surface area contributed by atoms with Crippen molar-refractivity contribution in [1.29, 1.82) is 0 Å². The predicted molar refractivity (Wildman–Crippen MR) is 124 cm³/mol. The van der Waals surface area contributed by atoms with E-state index in [0.717, 1.165) is 55.3 Å². The first-order chi connectivity index (χ1) is 14.8. The van der Waals surface area contributed by atoms with Crippen molar-refractivity contribution in [3.8, 4) is 0 Å². The topological polar surface area (TPSA) is 52.6 Å². The number of hydrogen-bond acceptors (Lipinski definition) is 4. The first-order valence-electron chi connectivity index (χ1n) is 10.2. The maximum Gasteiger partial charge on any atom is 0.265 e. The van der Waals surface area contributed by atoms with Gasteiger partial charge in [-0.05, 0) is 61.2 Å². The summed E-state index contributed by atoms with van der Waals surface area (Å²) in [5.41, 5.74) is 2.65. The molecule has 2 aliphatic rings. The highest BCUT2D eigenvalue weighted by Crippen LogP contribution is 2.27. The Morgan fingerprint density at radius 1 is 1.13 bits per heavy atom. The normalized spacial score (nSPS) is 18.1. The SMILES string of the molecule is Cc1cc(N2CCN(Cc3cc(F)c(C(=O)NS(=O)C4CC4)cc3Cl)CC2)ccc1Cl. The fourth-order valence-corrected chi connectivity index (χ4v) is 4.99. The standard InChI is InChI=1S/C22H24Cl2FN3O2S/c1-14-10-16(2-5-19(14)23)28-8-6-27(7-9-28)13-15-11-21(25)18(12-20(15)24)22(29)26-31(30)17-3-4-17/h2,5,10-12,17H,3-4,6-9,13H2,1H3,(H,26,29). The van der Waals surface area contributed by atoms with Crippen molar-refractivity contribution in [1.82, 2.24) is 9.62 Å². The maximum atomic E-state index is 14.6. The average molecular weight is 484 g/mol. The van der Waals surface area contributed by atoms with Gasteiger partial charge in [0.2, 0.25) is 0 Å². The van der Waals surface area contributed by atoms with Crippen LogP contribution in [0.4, 0.5) is 10.1 Å². The van der Waals surface area contributed by atoms with Gasteiger partial charge < -0.3 is 4.90 Å². The van der Waals surface area contributed by atoms with Gasteiger partial charge in [0, 0.05) is 48.5 Å². The van der Waals surface area contributed by atoms with Crippen LogP contribution in [0.15, 0.2) is 30.3 Å². The highest BCUT2D eigenvalue weighted by atomic mass is 35.5. The lowest BCUT2D eigenvalue weighted by Gasteiger charge is -2.36. The summed E-state index contributed by atoms with van der Waals surface area (Å²) in [7, 11) is -1.47. The number of amides is 1. The minimum Gasteiger partial charge on any atom is -0.369 e. The van der Waals surface area contributed by atoms with E-state index in [1.165, 1.54) is 12.1 Å². The smallest absolute Gasteiger partial charge is 0.265 e. The van der Waals surface area contributed by atoms with Crippen molar-refractivity contribution >= 4 is 45.8 Å². The van der Waals surface area contributed by atoms with E-state index < -0.39 is 22.7 Å². The fraction of sp³-hybridized carbons (Fsp3) is 0.409. The molecule has 4 rings (SSSR count). The van der Waals surface area contributed by atoms with E-state index in [-0.39, 0.29) is 10.8 Å². The number of carbonyl (C=O) groups is 1. The largest absolute Gasteiger partial charge is 0.369 e. The molecule has 1 amide bonds. The molecule has 1 unspecified atom stereocenters. The van der Waals surface area contributed by atoms with Crippen molar-refractivity contribution < 1.29 is 13.4 Å². The van der Waals surface area contributed by atoms with Crippen LogP contribution in [0.3, 0.4) is 0 Å². The number of aryl methyl sites for hydroxylation is 1. The van der Waals surface area contributed by atoms with Crippen LogP contribution in [0, 0.1) is 12.7 Å². The lowest BCUT2D eigenvalue weighted by molar-refractivity contribution is 0.0979. The summed E-state index contributed by atoms with van der Waals surface area (Å²) >= 11 is 12.5. The number of piperazine rings is 1. The van der Waals surface area contributed by atoms with Crippen molar-refractivity contribution in [2.24, 2.45) is 0 Å². The van der Waals surface area contributed by atoms with E-state index >= 15 is 0 Å². The third-order valence-corrected chi connectivity index (χ3v) is 7.91. The van der Waals surface area contributed by atoms with E-state index in [0.29, 0.717) is 17.1 Å². The number of nitrogens with one attached hydrogen (secondary N) is 1. The van der Waals surface area contributed by atoms with Crippen LogP contribution in [0.5, 0.6) is 0 Å². The Labute approximate surface area is 194 Å². The number of anilines is 1. The van der Waals surface area contributed by atoms with Crippen molar-refractivity contribution in [2.45, 2.75) is 31.6 Å². The van der Waals surface area contributed by atoms with Gasteiger partial charge in [-0.2, -0.15) is 0 Å². The molecule has 0 radical (unpaired) electrons. The molecule has 2 aromatic carbocycles. The number of hydrogen-bond donors (Lipinski definition) is 1. The molecule has 5 nitrogen and oxygen atoms in total. The van der Waals surface area contributed by atoms with Crippen LogP contribution in [0.1, 0.15) is 34.3 Å². The summed E-state index contributed by atoms with van der Waals surface area (Å²) in [6.07, 6.45) is 1.64. The number of nitrogens with zero attached hydrogens (tertiary/aromatic N) is 2. The number of carbonyl (C=O) groups excluding carboxylic acids is 1. The minimum atomic E-state index is -1.47. The van der Waals surface area contributed by atoms with E-state index in [4.69, 9.17) is 23.2 Å². The van der Waals surface area contributed by atoms with Crippen molar-refractivity contribution in [2.75, 3.05) is 31.1 Å². The summed E-state index contributed by atoms with van der Waals surface area (Å²) in [4.78, 5) is 16.8. The summed E-state index contributed by atoms with van der Waals surface area (Å²) < 4.78 is 28.9. The second-order valence-corrected chi connectivity index (χ2v) is 10.3. The van der Waals surface area contributed by atoms with Gasteiger partial charge >= 0.3 is 0 Å². The van der Waals surface area contributed by atoms with Crippen molar-refractivity contribution in [3.63, 3.8) is 0 Å². The third-order valence-electron chi connectivity index (χ3n) is 5.67. The molecule has 166 valence electrons. The van der Waals surface area contributed by atoms with E-state index in [2.05, 4.69) is 20.6 Å². The van der Waals surface area contributed by atoms with Crippen LogP contribution in [0.2, 0.25) is 10.0 Å². The Morgan fingerprint density at radius 2 is 1.84 bits per heavy atom. The van der Waals surface area contributed by atoms with E-state index in [1.54, 1.807) is 0 Å². The second-order valence-electron chi connectivity index (χ2n) is 8.05. The van der Waals surface area contributed by atoms with Gasteiger partial charge in [0.15, 0.2) is 0 Å². The van der Waals surface area contributed by atoms with Gasteiger partial charge in [-0.15, -0.1) is 0 Å². The molecule has 1 N–H and O–H groups in total. The quantitative estimate of drug-likeness (QED) is 0.664. The molecule has 1 atom stereocenters. The Bertz CT molecular complexity index is 1020. The van der Waals surface area contributed by atoms with Gasteiger partial charge in [0.05, 0.1) is 10.8 Å². The van der Waals surface area contributed by atoms with Gasteiger partial charge in [-0.3, -0.25) is 14.4 Å². The number of rotatable bonds is 6. The molecular weight excluding hydrogens is 460 g/mol. The first kappa shape index (κ1) is 22.5. The zero-order chi connectivity index (χ0) is 22.1. The molecule has 2 fully saturated rings. The molecule has 0 spiro atoms. The molecule has 1 aliphatic carbocycles. The van der Waals surface area contributed by atoms with Crippen LogP contribution < -0.4 is 9.62 Å². The van der Waals surface area contributed by atoms with Gasteiger partial charge in [-0.1, -0.05) is 23.2 Å². The lowest BCUT2D eigenvalue weighted by Crippen LogP contribution is -2.46. The Kier molecular flexibility index (Phi) is 6.86. The van der Waals surface area contributed by atoms with Crippen LogP contribution in [-0.4, -0.2) is 46.4 Å². The molecule has 0 aromatic heterocycles. The summed E-state index contributed by atoms with van der Waals surface area (Å²) in [5.74, 6) is -1.34. The first-order valence-corrected chi connectivity index (χ1v) is 12.2. The minimum absolute atomic E-state index is 0.0165. The molecule has 1 aliphatic heterocycles. The highest BCUT2D eigenvalue weighted by molar-refractivity contribution is 7.84. The van der Waals surface area contributed by atoms with Gasteiger partial charge in [0.1, 0.15) is 16.8 Å². The zero-order valence-corrected chi connectivity index (χ0v) is 19.5. The average Bonchev–Trinajstić information content (AvgIpc) is 3.58. The molecule has 0 bridgehead atoms. The highest BCUT2D eigenvalue weighted by Gasteiger charge is 2.30. The summed E-state index contributed by atoms with van der Waals surface area (Å²) in [5, 5.41) is 1.08. The van der Waals surface area contributed by atoms with E-state index in [9.17, 15) is 13.4 Å².